The SMILES string of the molecule is O=S(=O)(Nc1ccccc1CCl)c1cc(Cl)cc(Cl)c1. The van der Waals surface area contributed by atoms with Crippen molar-refractivity contribution in [1.29, 1.82) is 0 Å². The number of sulfonamides is 1. The molecule has 0 aromatic heterocycles. The second-order valence-electron chi connectivity index (χ2n) is 4.00. The molecule has 0 saturated carbocycles. The standard InChI is InChI=1S/C13H10Cl3NO2S/c14-8-9-3-1-2-4-13(9)17-20(18,19)12-6-10(15)5-11(16)7-12/h1-7,17H,8H2. The summed E-state index contributed by atoms with van der Waals surface area (Å²) in [6.45, 7) is 0. The highest BCUT2D eigenvalue weighted by Crippen LogP contribution is 2.25. The summed E-state index contributed by atoms with van der Waals surface area (Å²) in [6, 6.07) is 11.0. The number of para-hydroxylation sites is 1. The number of hydrogen-bond donors (Lipinski definition) is 1. The predicted molar refractivity (Wildman–Crippen MR) is 83.3 cm³/mol. The van der Waals surface area contributed by atoms with Crippen LogP contribution in [0.5, 0.6) is 0 Å². The molecule has 0 atom stereocenters. The third-order valence-corrected chi connectivity index (χ3v) is 4.62. The van der Waals surface area contributed by atoms with Crippen molar-refractivity contribution in [2.45, 2.75) is 10.8 Å². The molecule has 106 valence electrons. The molecule has 0 aliphatic rings. The van der Waals surface area contributed by atoms with Crippen LogP contribution in [-0.4, -0.2) is 8.42 Å². The Morgan fingerprint density at radius 3 is 2.20 bits per heavy atom. The minimum Gasteiger partial charge on any atom is -0.279 e. The minimum atomic E-state index is -3.77. The van der Waals surface area contributed by atoms with Gasteiger partial charge in [0, 0.05) is 15.9 Å². The zero-order chi connectivity index (χ0) is 14.8. The lowest BCUT2D eigenvalue weighted by Crippen LogP contribution is -2.14. The summed E-state index contributed by atoms with van der Waals surface area (Å²) >= 11 is 17.4. The van der Waals surface area contributed by atoms with E-state index < -0.39 is 10.0 Å². The molecule has 0 bridgehead atoms. The summed E-state index contributed by atoms with van der Waals surface area (Å²) < 4.78 is 27.1. The Morgan fingerprint density at radius 2 is 1.60 bits per heavy atom. The van der Waals surface area contributed by atoms with Gasteiger partial charge in [0.05, 0.1) is 10.6 Å². The first kappa shape index (κ1) is 15.4. The highest BCUT2D eigenvalue weighted by molar-refractivity contribution is 7.92. The Morgan fingerprint density at radius 1 is 1.00 bits per heavy atom. The maximum Gasteiger partial charge on any atom is 0.262 e. The van der Waals surface area contributed by atoms with Crippen LogP contribution in [0.1, 0.15) is 5.56 Å². The lowest BCUT2D eigenvalue weighted by Gasteiger charge is -2.11. The molecule has 0 amide bonds. The average Bonchev–Trinajstić information content (AvgIpc) is 2.38. The molecule has 2 rings (SSSR count). The van der Waals surface area contributed by atoms with Crippen LogP contribution in [0.15, 0.2) is 47.4 Å². The van der Waals surface area contributed by atoms with Crippen molar-refractivity contribution in [3.05, 3.63) is 58.1 Å². The van der Waals surface area contributed by atoms with Gasteiger partial charge in [-0.15, -0.1) is 11.6 Å². The Kier molecular flexibility index (Phi) is 4.81. The van der Waals surface area contributed by atoms with Crippen LogP contribution in [-0.2, 0) is 15.9 Å². The fourth-order valence-corrected chi connectivity index (χ4v) is 3.68. The van der Waals surface area contributed by atoms with Crippen LogP contribution < -0.4 is 4.72 Å². The molecule has 0 aliphatic carbocycles. The lowest BCUT2D eigenvalue weighted by molar-refractivity contribution is 0.601. The van der Waals surface area contributed by atoms with Crippen molar-refractivity contribution in [2.75, 3.05) is 4.72 Å². The number of anilines is 1. The van der Waals surface area contributed by atoms with E-state index in [1.54, 1.807) is 24.3 Å². The summed E-state index contributed by atoms with van der Waals surface area (Å²) in [6.07, 6.45) is 0. The van der Waals surface area contributed by atoms with Gasteiger partial charge in [-0.05, 0) is 29.8 Å². The molecule has 20 heavy (non-hydrogen) atoms. The fraction of sp³-hybridized carbons (Fsp3) is 0.0769. The van der Waals surface area contributed by atoms with Crippen LogP contribution in [0.2, 0.25) is 10.0 Å². The van der Waals surface area contributed by atoms with Crippen LogP contribution >= 0.6 is 34.8 Å². The van der Waals surface area contributed by atoms with Gasteiger partial charge in [0.25, 0.3) is 10.0 Å². The van der Waals surface area contributed by atoms with Crippen molar-refractivity contribution < 1.29 is 8.42 Å². The quantitative estimate of drug-likeness (QED) is 0.823. The van der Waals surface area contributed by atoms with E-state index in [-0.39, 0.29) is 20.8 Å². The minimum absolute atomic E-state index is 0.000578. The summed E-state index contributed by atoms with van der Waals surface area (Å²) in [5, 5.41) is 0.506. The summed E-state index contributed by atoms with van der Waals surface area (Å²) in [5.41, 5.74) is 1.12. The van der Waals surface area contributed by atoms with Crippen molar-refractivity contribution in [2.24, 2.45) is 0 Å². The number of hydrogen-bond acceptors (Lipinski definition) is 2. The van der Waals surface area contributed by atoms with E-state index in [0.29, 0.717) is 11.3 Å². The molecule has 0 fully saturated rings. The van der Waals surface area contributed by atoms with Crippen LogP contribution in [0, 0.1) is 0 Å². The lowest BCUT2D eigenvalue weighted by atomic mass is 10.2. The fourth-order valence-electron chi connectivity index (χ4n) is 1.62. The molecule has 0 spiro atoms. The van der Waals surface area contributed by atoms with E-state index in [4.69, 9.17) is 34.8 Å². The Labute approximate surface area is 132 Å². The van der Waals surface area contributed by atoms with Crippen LogP contribution in [0.4, 0.5) is 5.69 Å². The molecule has 3 nitrogen and oxygen atoms in total. The summed E-state index contributed by atoms with van der Waals surface area (Å²) in [4.78, 5) is -0.000578. The smallest absolute Gasteiger partial charge is 0.262 e. The van der Waals surface area contributed by atoms with Gasteiger partial charge in [-0.1, -0.05) is 41.4 Å². The Bertz CT molecular complexity index is 712. The molecule has 0 heterocycles. The van der Waals surface area contributed by atoms with E-state index in [1.807, 2.05) is 0 Å². The highest BCUT2D eigenvalue weighted by Gasteiger charge is 2.17. The van der Waals surface area contributed by atoms with Gasteiger partial charge < -0.3 is 0 Å². The second-order valence-corrected chi connectivity index (χ2v) is 6.82. The van der Waals surface area contributed by atoms with Gasteiger partial charge in [0.1, 0.15) is 0 Å². The monoisotopic (exact) mass is 349 g/mol. The zero-order valence-corrected chi connectivity index (χ0v) is 13.2. The largest absolute Gasteiger partial charge is 0.279 e. The van der Waals surface area contributed by atoms with Crippen molar-refractivity contribution in [1.82, 2.24) is 0 Å². The van der Waals surface area contributed by atoms with E-state index in [1.165, 1.54) is 18.2 Å². The van der Waals surface area contributed by atoms with Crippen LogP contribution in [0.25, 0.3) is 0 Å². The Hall–Kier alpha value is -0.940. The third-order valence-electron chi connectivity index (χ3n) is 2.55. The molecule has 2 aromatic carbocycles. The normalized spacial score (nSPS) is 11.3. The number of benzene rings is 2. The summed E-state index contributed by atoms with van der Waals surface area (Å²) in [5.74, 6) is 0.203. The van der Waals surface area contributed by atoms with Gasteiger partial charge in [0.2, 0.25) is 0 Å². The van der Waals surface area contributed by atoms with E-state index in [9.17, 15) is 8.42 Å². The van der Waals surface area contributed by atoms with Gasteiger partial charge in [-0.2, -0.15) is 0 Å². The zero-order valence-electron chi connectivity index (χ0n) is 10.1. The van der Waals surface area contributed by atoms with E-state index >= 15 is 0 Å². The average molecular weight is 351 g/mol. The van der Waals surface area contributed by atoms with Crippen molar-refractivity contribution >= 4 is 50.5 Å². The van der Waals surface area contributed by atoms with Gasteiger partial charge in [-0.3, -0.25) is 4.72 Å². The molecule has 2 aromatic rings. The molecule has 0 radical (unpaired) electrons. The number of nitrogens with one attached hydrogen (secondary N) is 1. The maximum absolute atomic E-state index is 12.3. The van der Waals surface area contributed by atoms with Crippen LogP contribution in [0.3, 0.4) is 0 Å². The molecule has 0 unspecified atom stereocenters. The second kappa shape index (κ2) is 6.22. The number of alkyl halides is 1. The molecule has 7 heteroatoms. The molecular weight excluding hydrogens is 341 g/mol. The van der Waals surface area contributed by atoms with Crippen molar-refractivity contribution in [3.8, 4) is 0 Å². The van der Waals surface area contributed by atoms with Gasteiger partial charge in [-0.25, -0.2) is 8.42 Å². The predicted octanol–water partition coefficient (Wildman–Crippen LogP) is 4.53. The highest BCUT2D eigenvalue weighted by atomic mass is 35.5. The Balaban J connectivity index is 2.41. The number of halogens is 3. The first-order valence-corrected chi connectivity index (χ1v) is 8.32. The number of rotatable bonds is 4. The van der Waals surface area contributed by atoms with E-state index in [0.717, 1.165) is 0 Å². The first-order chi connectivity index (χ1) is 9.42. The van der Waals surface area contributed by atoms with Gasteiger partial charge >= 0.3 is 0 Å². The van der Waals surface area contributed by atoms with E-state index in [2.05, 4.69) is 4.72 Å². The maximum atomic E-state index is 12.3. The molecular formula is C13H10Cl3NO2S. The molecule has 0 aliphatic heterocycles. The molecule has 0 saturated heterocycles. The summed E-state index contributed by atoms with van der Waals surface area (Å²) in [7, 11) is -3.77. The topological polar surface area (TPSA) is 46.2 Å². The third kappa shape index (κ3) is 3.58. The van der Waals surface area contributed by atoms with Crippen molar-refractivity contribution in [3.63, 3.8) is 0 Å². The first-order valence-electron chi connectivity index (χ1n) is 5.55. The molecule has 1 N–H and O–H groups in total. The van der Waals surface area contributed by atoms with Gasteiger partial charge in [0.15, 0.2) is 0 Å².